The molecule has 1 fully saturated rings. The van der Waals surface area contributed by atoms with Crippen molar-refractivity contribution < 1.29 is 0 Å². The van der Waals surface area contributed by atoms with E-state index in [0.29, 0.717) is 6.04 Å². The molecule has 0 radical (unpaired) electrons. The van der Waals surface area contributed by atoms with Crippen LogP contribution in [0.15, 0.2) is 11.4 Å². The molecule has 2 N–H and O–H groups in total. The molecule has 1 aliphatic rings. The van der Waals surface area contributed by atoms with E-state index in [9.17, 15) is 0 Å². The minimum atomic E-state index is 0.297. The highest BCUT2D eigenvalue weighted by molar-refractivity contribution is 7.10. The lowest BCUT2D eigenvalue weighted by atomic mass is 10.0. The first kappa shape index (κ1) is 10.2. The fourth-order valence-corrected chi connectivity index (χ4v) is 2.95. The fraction of sp³-hybridized carbons (Fsp3) is 0.667. The summed E-state index contributed by atoms with van der Waals surface area (Å²) in [4.78, 5) is 1.42. The van der Waals surface area contributed by atoms with Crippen LogP contribution in [0.4, 0.5) is 0 Å². The van der Waals surface area contributed by atoms with E-state index in [1.54, 1.807) is 0 Å². The van der Waals surface area contributed by atoms with Gasteiger partial charge >= 0.3 is 0 Å². The molecule has 1 heterocycles. The van der Waals surface area contributed by atoms with Gasteiger partial charge in [0, 0.05) is 10.9 Å². The Morgan fingerprint density at radius 3 is 3.00 bits per heavy atom. The third-order valence-corrected chi connectivity index (χ3v) is 4.17. The Bertz CT molecular complexity index is 288. The number of rotatable bonds is 5. The number of hydrogen-bond donors (Lipinski definition) is 1. The molecule has 14 heavy (non-hydrogen) atoms. The monoisotopic (exact) mass is 209 g/mol. The number of thiophene rings is 1. The Balaban J connectivity index is 1.91. The Hall–Kier alpha value is -0.340. The van der Waals surface area contributed by atoms with Crippen LogP contribution in [0.25, 0.3) is 0 Å². The molecule has 0 bridgehead atoms. The summed E-state index contributed by atoms with van der Waals surface area (Å²) in [6.45, 7) is 2.21. The van der Waals surface area contributed by atoms with E-state index >= 15 is 0 Å². The van der Waals surface area contributed by atoms with Crippen LogP contribution >= 0.6 is 11.3 Å². The normalized spacial score (nSPS) is 18.4. The predicted octanol–water partition coefficient (Wildman–Crippen LogP) is 3.50. The van der Waals surface area contributed by atoms with Crippen molar-refractivity contribution >= 4 is 11.3 Å². The van der Waals surface area contributed by atoms with E-state index in [4.69, 9.17) is 5.73 Å². The van der Waals surface area contributed by atoms with Crippen molar-refractivity contribution in [2.75, 3.05) is 0 Å². The van der Waals surface area contributed by atoms with Gasteiger partial charge in [0.1, 0.15) is 0 Å². The van der Waals surface area contributed by atoms with Crippen LogP contribution in [0.1, 0.15) is 49.1 Å². The van der Waals surface area contributed by atoms with Gasteiger partial charge in [-0.3, -0.25) is 0 Å². The molecule has 78 valence electrons. The van der Waals surface area contributed by atoms with Crippen LogP contribution in [0.5, 0.6) is 0 Å². The summed E-state index contributed by atoms with van der Waals surface area (Å²) >= 11 is 1.83. The van der Waals surface area contributed by atoms with Crippen LogP contribution in [0.2, 0.25) is 0 Å². The maximum Gasteiger partial charge on any atom is 0.0392 e. The molecule has 1 aromatic rings. The van der Waals surface area contributed by atoms with E-state index in [0.717, 1.165) is 12.3 Å². The SMILES string of the molecule is CCc1ccsc1C(N)CCC1CC1. The van der Waals surface area contributed by atoms with E-state index in [1.165, 1.54) is 36.1 Å². The van der Waals surface area contributed by atoms with Crippen LogP contribution in [-0.4, -0.2) is 0 Å². The second kappa shape index (κ2) is 4.45. The molecule has 0 spiro atoms. The molecule has 0 saturated heterocycles. The number of aryl methyl sites for hydroxylation is 1. The molecule has 1 nitrogen and oxygen atoms in total. The first-order valence-corrected chi connectivity index (χ1v) is 6.51. The zero-order valence-electron chi connectivity index (χ0n) is 8.83. The van der Waals surface area contributed by atoms with Gasteiger partial charge in [0.05, 0.1) is 0 Å². The standard InChI is InChI=1S/C12H19NS/c1-2-10-7-8-14-12(10)11(13)6-5-9-3-4-9/h7-9,11H,2-6,13H2,1H3. The summed E-state index contributed by atoms with van der Waals surface area (Å²) in [5.41, 5.74) is 7.66. The van der Waals surface area contributed by atoms with Gasteiger partial charge in [-0.2, -0.15) is 0 Å². The van der Waals surface area contributed by atoms with Crippen molar-refractivity contribution in [3.05, 3.63) is 21.9 Å². The third kappa shape index (κ3) is 2.37. The van der Waals surface area contributed by atoms with Gasteiger partial charge in [0.25, 0.3) is 0 Å². The molecule has 0 aliphatic heterocycles. The van der Waals surface area contributed by atoms with Gasteiger partial charge < -0.3 is 5.73 Å². The lowest BCUT2D eigenvalue weighted by molar-refractivity contribution is 0.579. The lowest BCUT2D eigenvalue weighted by Crippen LogP contribution is -2.10. The molecular weight excluding hydrogens is 190 g/mol. The first-order valence-electron chi connectivity index (χ1n) is 5.63. The third-order valence-electron chi connectivity index (χ3n) is 3.08. The summed E-state index contributed by atoms with van der Waals surface area (Å²) in [5, 5.41) is 2.17. The highest BCUT2D eigenvalue weighted by Crippen LogP contribution is 2.36. The summed E-state index contributed by atoms with van der Waals surface area (Å²) in [5.74, 6) is 1.01. The molecule has 1 unspecified atom stereocenters. The molecule has 1 aromatic heterocycles. The van der Waals surface area contributed by atoms with Gasteiger partial charge in [-0.1, -0.05) is 19.8 Å². The van der Waals surface area contributed by atoms with Crippen molar-refractivity contribution in [2.24, 2.45) is 11.7 Å². The van der Waals surface area contributed by atoms with Crippen LogP contribution < -0.4 is 5.73 Å². The maximum atomic E-state index is 6.20. The second-order valence-corrected chi connectivity index (χ2v) is 5.24. The Kier molecular flexibility index (Phi) is 3.24. The largest absolute Gasteiger partial charge is 0.323 e. The Labute approximate surface area is 90.3 Å². The zero-order valence-corrected chi connectivity index (χ0v) is 9.65. The highest BCUT2D eigenvalue weighted by atomic mass is 32.1. The van der Waals surface area contributed by atoms with E-state index < -0.39 is 0 Å². The molecular formula is C12H19NS. The van der Waals surface area contributed by atoms with E-state index in [2.05, 4.69) is 18.4 Å². The molecule has 0 amide bonds. The Morgan fingerprint density at radius 2 is 2.36 bits per heavy atom. The number of nitrogens with two attached hydrogens (primary N) is 1. The van der Waals surface area contributed by atoms with Crippen molar-refractivity contribution in [1.82, 2.24) is 0 Å². The average molecular weight is 209 g/mol. The second-order valence-electron chi connectivity index (χ2n) is 4.29. The van der Waals surface area contributed by atoms with Crippen LogP contribution in [-0.2, 0) is 6.42 Å². The first-order chi connectivity index (χ1) is 6.81. The summed E-state index contributed by atoms with van der Waals surface area (Å²) in [6.07, 6.45) is 6.52. The van der Waals surface area contributed by atoms with Crippen LogP contribution in [0.3, 0.4) is 0 Å². The van der Waals surface area contributed by atoms with Gasteiger partial charge in [0.15, 0.2) is 0 Å². The lowest BCUT2D eigenvalue weighted by Gasteiger charge is -2.11. The van der Waals surface area contributed by atoms with Crippen molar-refractivity contribution in [3.8, 4) is 0 Å². The zero-order chi connectivity index (χ0) is 9.97. The smallest absolute Gasteiger partial charge is 0.0392 e. The summed E-state index contributed by atoms with van der Waals surface area (Å²) in [6, 6.07) is 2.52. The summed E-state index contributed by atoms with van der Waals surface area (Å²) < 4.78 is 0. The van der Waals surface area contributed by atoms with E-state index in [-0.39, 0.29) is 0 Å². The molecule has 0 aromatic carbocycles. The van der Waals surface area contributed by atoms with Crippen molar-refractivity contribution in [3.63, 3.8) is 0 Å². The van der Waals surface area contributed by atoms with E-state index in [1.807, 2.05) is 11.3 Å². The molecule has 2 rings (SSSR count). The van der Waals surface area contributed by atoms with Crippen LogP contribution in [0, 0.1) is 5.92 Å². The Morgan fingerprint density at radius 1 is 1.57 bits per heavy atom. The van der Waals surface area contributed by atoms with Gasteiger partial charge in [0.2, 0.25) is 0 Å². The molecule has 1 aliphatic carbocycles. The maximum absolute atomic E-state index is 6.20. The topological polar surface area (TPSA) is 26.0 Å². The minimum absolute atomic E-state index is 0.297. The molecule has 1 saturated carbocycles. The minimum Gasteiger partial charge on any atom is -0.323 e. The molecule has 1 atom stereocenters. The summed E-state index contributed by atoms with van der Waals surface area (Å²) in [7, 11) is 0. The predicted molar refractivity (Wildman–Crippen MR) is 62.6 cm³/mol. The quantitative estimate of drug-likeness (QED) is 0.789. The van der Waals surface area contributed by atoms with Crippen molar-refractivity contribution in [2.45, 2.75) is 45.1 Å². The molecule has 2 heteroatoms. The van der Waals surface area contributed by atoms with Crippen molar-refractivity contribution in [1.29, 1.82) is 0 Å². The average Bonchev–Trinajstić information content (AvgIpc) is 2.90. The highest BCUT2D eigenvalue weighted by Gasteiger charge is 2.22. The number of hydrogen-bond acceptors (Lipinski definition) is 2. The fourth-order valence-electron chi connectivity index (χ4n) is 1.92. The van der Waals surface area contributed by atoms with Gasteiger partial charge in [-0.05, 0) is 42.2 Å². The van der Waals surface area contributed by atoms with Gasteiger partial charge in [-0.25, -0.2) is 0 Å². The van der Waals surface area contributed by atoms with Gasteiger partial charge in [-0.15, -0.1) is 11.3 Å².